The summed E-state index contributed by atoms with van der Waals surface area (Å²) in [5.74, 6) is -0.303. The van der Waals surface area contributed by atoms with E-state index in [2.05, 4.69) is 20.7 Å². The fraction of sp³-hybridized carbons (Fsp3) is 0.364. The second kappa shape index (κ2) is 4.77. The quantitative estimate of drug-likeness (QED) is 0.858. The SMILES string of the molecule is COC(=O)C[C@@](C)(N)c1ccc(Br)cc1. The first-order valence-corrected chi connectivity index (χ1v) is 5.37. The lowest BCUT2D eigenvalue weighted by atomic mass is 9.90. The standard InChI is InChI=1S/C11H14BrNO2/c1-11(13,7-10(14)15-2)8-3-5-9(12)6-4-8/h3-6H,7,13H2,1-2H3/t11-/m1/s1. The highest BCUT2D eigenvalue weighted by Crippen LogP contribution is 2.23. The molecule has 15 heavy (non-hydrogen) atoms. The maximum absolute atomic E-state index is 11.2. The van der Waals surface area contributed by atoms with Crippen LogP contribution in [0.5, 0.6) is 0 Å². The summed E-state index contributed by atoms with van der Waals surface area (Å²) in [6, 6.07) is 7.59. The number of nitrogens with two attached hydrogens (primary N) is 1. The monoisotopic (exact) mass is 271 g/mol. The molecule has 82 valence electrons. The highest BCUT2D eigenvalue weighted by atomic mass is 79.9. The highest BCUT2D eigenvalue weighted by Gasteiger charge is 2.25. The van der Waals surface area contributed by atoms with Gasteiger partial charge in [-0.1, -0.05) is 28.1 Å². The van der Waals surface area contributed by atoms with Gasteiger partial charge < -0.3 is 10.5 Å². The van der Waals surface area contributed by atoms with Crippen molar-refractivity contribution in [2.75, 3.05) is 7.11 Å². The fourth-order valence-corrected chi connectivity index (χ4v) is 1.57. The topological polar surface area (TPSA) is 52.3 Å². The summed E-state index contributed by atoms with van der Waals surface area (Å²) in [7, 11) is 1.36. The zero-order valence-corrected chi connectivity index (χ0v) is 10.4. The Morgan fingerprint density at radius 2 is 2.00 bits per heavy atom. The maximum atomic E-state index is 11.2. The number of ether oxygens (including phenoxy) is 1. The Kier molecular flexibility index (Phi) is 3.88. The van der Waals surface area contributed by atoms with Gasteiger partial charge in [-0.2, -0.15) is 0 Å². The smallest absolute Gasteiger partial charge is 0.307 e. The summed E-state index contributed by atoms with van der Waals surface area (Å²) in [5.41, 5.74) is 6.27. The fourth-order valence-electron chi connectivity index (χ4n) is 1.30. The van der Waals surface area contributed by atoms with Gasteiger partial charge in [0, 0.05) is 10.0 Å². The molecule has 2 N–H and O–H groups in total. The van der Waals surface area contributed by atoms with E-state index in [4.69, 9.17) is 5.73 Å². The van der Waals surface area contributed by atoms with Crippen LogP contribution in [0.1, 0.15) is 18.9 Å². The second-order valence-electron chi connectivity index (χ2n) is 3.68. The van der Waals surface area contributed by atoms with Crippen molar-refractivity contribution in [3.8, 4) is 0 Å². The number of halogens is 1. The van der Waals surface area contributed by atoms with E-state index in [9.17, 15) is 4.79 Å². The molecule has 0 unspecified atom stereocenters. The van der Waals surface area contributed by atoms with E-state index in [1.807, 2.05) is 31.2 Å². The van der Waals surface area contributed by atoms with Crippen molar-refractivity contribution in [1.29, 1.82) is 0 Å². The van der Waals surface area contributed by atoms with Crippen LogP contribution in [0, 0.1) is 0 Å². The number of methoxy groups -OCH3 is 1. The van der Waals surface area contributed by atoms with Crippen LogP contribution in [0.15, 0.2) is 28.7 Å². The van der Waals surface area contributed by atoms with Gasteiger partial charge in [0.25, 0.3) is 0 Å². The molecule has 0 aliphatic rings. The van der Waals surface area contributed by atoms with Gasteiger partial charge in [-0.25, -0.2) is 0 Å². The van der Waals surface area contributed by atoms with Gasteiger partial charge in [0.2, 0.25) is 0 Å². The molecular formula is C11H14BrNO2. The van der Waals surface area contributed by atoms with Gasteiger partial charge in [0.1, 0.15) is 0 Å². The summed E-state index contributed by atoms with van der Waals surface area (Å²) in [6.07, 6.45) is 0.172. The highest BCUT2D eigenvalue weighted by molar-refractivity contribution is 9.10. The molecule has 0 saturated carbocycles. The summed E-state index contributed by atoms with van der Waals surface area (Å²) in [6.45, 7) is 1.81. The number of benzene rings is 1. The van der Waals surface area contributed by atoms with Crippen LogP contribution in [0.25, 0.3) is 0 Å². The van der Waals surface area contributed by atoms with Crippen LogP contribution < -0.4 is 5.73 Å². The number of carbonyl (C=O) groups is 1. The van der Waals surface area contributed by atoms with Gasteiger partial charge >= 0.3 is 5.97 Å². The zero-order chi connectivity index (χ0) is 11.5. The summed E-state index contributed by atoms with van der Waals surface area (Å²) < 4.78 is 5.59. The van der Waals surface area contributed by atoms with Crippen molar-refractivity contribution in [3.63, 3.8) is 0 Å². The molecule has 0 radical (unpaired) electrons. The van der Waals surface area contributed by atoms with E-state index < -0.39 is 5.54 Å². The molecule has 0 aliphatic heterocycles. The molecule has 1 rings (SSSR count). The molecule has 3 nitrogen and oxygen atoms in total. The lowest BCUT2D eigenvalue weighted by Crippen LogP contribution is -2.35. The molecule has 1 atom stereocenters. The minimum Gasteiger partial charge on any atom is -0.469 e. The van der Waals surface area contributed by atoms with Crippen molar-refractivity contribution in [1.82, 2.24) is 0 Å². The molecule has 1 aromatic carbocycles. The number of esters is 1. The molecule has 0 spiro atoms. The van der Waals surface area contributed by atoms with Gasteiger partial charge in [-0.15, -0.1) is 0 Å². The molecule has 0 aliphatic carbocycles. The van der Waals surface area contributed by atoms with Crippen molar-refractivity contribution in [2.24, 2.45) is 5.73 Å². The van der Waals surface area contributed by atoms with Crippen molar-refractivity contribution < 1.29 is 9.53 Å². The second-order valence-corrected chi connectivity index (χ2v) is 4.59. The number of rotatable bonds is 3. The summed E-state index contributed by atoms with van der Waals surface area (Å²) >= 11 is 3.34. The Labute approximate surface area is 97.7 Å². The van der Waals surface area contributed by atoms with Crippen molar-refractivity contribution in [3.05, 3.63) is 34.3 Å². The van der Waals surface area contributed by atoms with Gasteiger partial charge in [0.05, 0.1) is 13.5 Å². The molecule has 0 amide bonds. The zero-order valence-electron chi connectivity index (χ0n) is 8.79. The number of hydrogen-bond donors (Lipinski definition) is 1. The first-order chi connectivity index (χ1) is 6.95. The Morgan fingerprint density at radius 3 is 2.47 bits per heavy atom. The van der Waals surface area contributed by atoms with E-state index in [-0.39, 0.29) is 12.4 Å². The third kappa shape index (κ3) is 3.32. The van der Waals surface area contributed by atoms with E-state index in [1.165, 1.54) is 7.11 Å². The Morgan fingerprint density at radius 1 is 1.47 bits per heavy atom. The minimum absolute atomic E-state index is 0.172. The molecular weight excluding hydrogens is 258 g/mol. The predicted molar refractivity (Wildman–Crippen MR) is 62.3 cm³/mol. The lowest BCUT2D eigenvalue weighted by Gasteiger charge is -2.23. The lowest BCUT2D eigenvalue weighted by molar-refractivity contribution is -0.141. The number of hydrogen-bond acceptors (Lipinski definition) is 3. The average Bonchev–Trinajstić information content (AvgIpc) is 2.17. The molecule has 0 saturated heterocycles. The van der Waals surface area contributed by atoms with Gasteiger partial charge in [-0.3, -0.25) is 4.79 Å². The van der Waals surface area contributed by atoms with Gasteiger partial charge in [0.15, 0.2) is 0 Å². The van der Waals surface area contributed by atoms with E-state index >= 15 is 0 Å². The Balaban J connectivity index is 2.85. The van der Waals surface area contributed by atoms with Crippen LogP contribution in [0.4, 0.5) is 0 Å². The minimum atomic E-state index is -0.687. The number of carbonyl (C=O) groups excluding carboxylic acids is 1. The maximum Gasteiger partial charge on any atom is 0.307 e. The van der Waals surface area contributed by atoms with Crippen molar-refractivity contribution >= 4 is 21.9 Å². The Bertz CT molecular complexity index is 346. The van der Waals surface area contributed by atoms with E-state index in [0.29, 0.717) is 0 Å². The molecule has 0 fully saturated rings. The molecule has 0 bridgehead atoms. The third-order valence-corrected chi connectivity index (χ3v) is 2.77. The van der Waals surface area contributed by atoms with Crippen molar-refractivity contribution in [2.45, 2.75) is 18.9 Å². The Hall–Kier alpha value is -0.870. The third-order valence-electron chi connectivity index (χ3n) is 2.24. The first-order valence-electron chi connectivity index (χ1n) is 4.57. The summed E-state index contributed by atoms with van der Waals surface area (Å²) in [4.78, 5) is 11.2. The van der Waals surface area contributed by atoms with E-state index in [1.54, 1.807) is 0 Å². The van der Waals surface area contributed by atoms with Crippen LogP contribution in [0.2, 0.25) is 0 Å². The molecule has 0 heterocycles. The van der Waals surface area contributed by atoms with Crippen LogP contribution in [-0.2, 0) is 15.1 Å². The average molecular weight is 272 g/mol. The van der Waals surface area contributed by atoms with Crippen LogP contribution in [-0.4, -0.2) is 13.1 Å². The predicted octanol–water partition coefficient (Wildman–Crippen LogP) is 2.19. The largest absolute Gasteiger partial charge is 0.469 e. The van der Waals surface area contributed by atoms with Gasteiger partial charge in [-0.05, 0) is 24.6 Å². The van der Waals surface area contributed by atoms with Crippen LogP contribution >= 0.6 is 15.9 Å². The molecule has 1 aromatic rings. The molecule has 0 aromatic heterocycles. The normalized spacial score (nSPS) is 14.4. The summed E-state index contributed by atoms with van der Waals surface area (Å²) in [5, 5.41) is 0. The first kappa shape index (κ1) is 12.2. The van der Waals surface area contributed by atoms with Crippen LogP contribution in [0.3, 0.4) is 0 Å². The molecule has 4 heteroatoms. The van der Waals surface area contributed by atoms with E-state index in [0.717, 1.165) is 10.0 Å².